The molecule has 0 saturated heterocycles. The van der Waals surface area contributed by atoms with Crippen LogP contribution in [-0.2, 0) is 13.1 Å². The van der Waals surface area contributed by atoms with E-state index >= 15 is 0 Å². The molecule has 6 nitrogen and oxygen atoms in total. The van der Waals surface area contributed by atoms with Crippen molar-refractivity contribution < 1.29 is 4.74 Å². The Morgan fingerprint density at radius 1 is 1.17 bits per heavy atom. The number of aromatic nitrogens is 1. The third-order valence-corrected chi connectivity index (χ3v) is 4.52. The van der Waals surface area contributed by atoms with Gasteiger partial charge in [-0.15, -0.1) is 24.0 Å². The summed E-state index contributed by atoms with van der Waals surface area (Å²) in [4.78, 5) is 10.7. The van der Waals surface area contributed by atoms with Crippen LogP contribution in [0.3, 0.4) is 0 Å². The van der Waals surface area contributed by atoms with Crippen molar-refractivity contribution in [1.29, 1.82) is 0 Å². The molecule has 7 heteroatoms. The number of hydrogen-bond acceptors (Lipinski definition) is 4. The number of hydrogen-bond donors (Lipinski definition) is 2. The first-order valence-electron chi connectivity index (χ1n) is 9.75. The second kappa shape index (κ2) is 12.5. The first-order valence-corrected chi connectivity index (χ1v) is 9.75. The average Bonchev–Trinajstić information content (AvgIpc) is 2.69. The molecule has 0 aliphatic heterocycles. The summed E-state index contributed by atoms with van der Waals surface area (Å²) in [5.41, 5.74) is 3.46. The molecule has 0 bridgehead atoms. The molecular formula is C22H34IN5O. The molecular weight excluding hydrogens is 477 g/mol. The molecule has 2 N–H and O–H groups in total. The van der Waals surface area contributed by atoms with E-state index in [9.17, 15) is 0 Å². The fourth-order valence-electron chi connectivity index (χ4n) is 2.62. The van der Waals surface area contributed by atoms with Gasteiger partial charge in [0.15, 0.2) is 5.96 Å². The number of halogens is 1. The number of anilines is 1. The van der Waals surface area contributed by atoms with Crippen molar-refractivity contribution in [3.05, 3.63) is 53.2 Å². The highest BCUT2D eigenvalue weighted by molar-refractivity contribution is 14.0. The van der Waals surface area contributed by atoms with Gasteiger partial charge in [0.2, 0.25) is 0 Å². The summed E-state index contributed by atoms with van der Waals surface area (Å²) in [5.74, 6) is 2.62. The van der Waals surface area contributed by atoms with Gasteiger partial charge >= 0.3 is 0 Å². The monoisotopic (exact) mass is 511 g/mol. The predicted molar refractivity (Wildman–Crippen MR) is 133 cm³/mol. The van der Waals surface area contributed by atoms with Gasteiger partial charge in [0.05, 0.1) is 6.10 Å². The van der Waals surface area contributed by atoms with Crippen LogP contribution in [0.15, 0.2) is 41.5 Å². The SMILES string of the molecule is CCC(C)Oc1cc(C)ccc1CNC(=NC)NCc1ccnc(N(C)C)c1.I. The minimum Gasteiger partial charge on any atom is -0.490 e. The third-order valence-electron chi connectivity index (χ3n) is 4.52. The average molecular weight is 511 g/mol. The van der Waals surface area contributed by atoms with Gasteiger partial charge in [-0.2, -0.15) is 0 Å². The van der Waals surface area contributed by atoms with Crippen LogP contribution in [0.5, 0.6) is 5.75 Å². The van der Waals surface area contributed by atoms with Crippen molar-refractivity contribution in [1.82, 2.24) is 15.6 Å². The zero-order valence-electron chi connectivity index (χ0n) is 18.3. The molecule has 0 aliphatic rings. The molecule has 0 radical (unpaired) electrons. The number of benzene rings is 1. The molecule has 2 rings (SSSR count). The van der Waals surface area contributed by atoms with Gasteiger partial charge in [0.1, 0.15) is 11.6 Å². The number of aryl methyl sites for hydroxylation is 1. The molecule has 160 valence electrons. The van der Waals surface area contributed by atoms with Crippen LogP contribution < -0.4 is 20.3 Å². The Bertz CT molecular complexity index is 795. The molecule has 0 aliphatic carbocycles. The highest BCUT2D eigenvalue weighted by Crippen LogP contribution is 2.22. The molecule has 1 aromatic carbocycles. The van der Waals surface area contributed by atoms with Gasteiger partial charge in [0, 0.05) is 46.0 Å². The summed E-state index contributed by atoms with van der Waals surface area (Å²) >= 11 is 0. The van der Waals surface area contributed by atoms with E-state index in [4.69, 9.17) is 4.74 Å². The summed E-state index contributed by atoms with van der Waals surface area (Å²) in [5, 5.41) is 6.73. The first kappa shape index (κ1) is 25.0. The number of aliphatic imine (C=N–C) groups is 1. The van der Waals surface area contributed by atoms with Crippen LogP contribution >= 0.6 is 24.0 Å². The van der Waals surface area contributed by atoms with Gasteiger partial charge in [-0.1, -0.05) is 19.1 Å². The predicted octanol–water partition coefficient (Wildman–Crippen LogP) is 4.12. The van der Waals surface area contributed by atoms with Crippen molar-refractivity contribution in [2.24, 2.45) is 4.99 Å². The molecule has 0 amide bonds. The van der Waals surface area contributed by atoms with Gasteiger partial charge in [-0.25, -0.2) is 4.98 Å². The van der Waals surface area contributed by atoms with E-state index in [0.717, 1.165) is 35.1 Å². The lowest BCUT2D eigenvalue weighted by atomic mass is 10.1. The maximum Gasteiger partial charge on any atom is 0.191 e. The summed E-state index contributed by atoms with van der Waals surface area (Å²) in [6.07, 6.45) is 2.99. The van der Waals surface area contributed by atoms with Gasteiger partial charge in [0.25, 0.3) is 0 Å². The van der Waals surface area contributed by atoms with Crippen LogP contribution in [0.25, 0.3) is 0 Å². The Morgan fingerprint density at radius 3 is 2.55 bits per heavy atom. The van der Waals surface area contributed by atoms with Crippen LogP contribution in [0.2, 0.25) is 0 Å². The quantitative estimate of drug-likeness (QED) is 0.317. The Morgan fingerprint density at radius 2 is 1.90 bits per heavy atom. The number of rotatable bonds is 8. The van der Waals surface area contributed by atoms with Crippen molar-refractivity contribution in [2.75, 3.05) is 26.0 Å². The second-order valence-corrected chi connectivity index (χ2v) is 7.14. The second-order valence-electron chi connectivity index (χ2n) is 7.14. The third kappa shape index (κ3) is 8.08. The lowest BCUT2D eigenvalue weighted by Crippen LogP contribution is -2.36. The Balaban J connectivity index is 0.00000420. The van der Waals surface area contributed by atoms with Crippen LogP contribution in [0.4, 0.5) is 5.82 Å². The Labute approximate surface area is 192 Å². The van der Waals surface area contributed by atoms with E-state index in [1.807, 2.05) is 31.3 Å². The van der Waals surface area contributed by atoms with E-state index in [0.29, 0.717) is 13.1 Å². The number of pyridine rings is 1. The number of guanidine groups is 1. The summed E-state index contributed by atoms with van der Waals surface area (Å²) in [7, 11) is 5.75. The lowest BCUT2D eigenvalue weighted by Gasteiger charge is -2.18. The first-order chi connectivity index (χ1) is 13.4. The fraction of sp³-hybridized carbons (Fsp3) is 0.455. The van der Waals surface area contributed by atoms with E-state index < -0.39 is 0 Å². The summed E-state index contributed by atoms with van der Waals surface area (Å²) < 4.78 is 6.09. The molecule has 0 spiro atoms. The lowest BCUT2D eigenvalue weighted by molar-refractivity contribution is 0.215. The maximum atomic E-state index is 6.09. The summed E-state index contributed by atoms with van der Waals surface area (Å²) in [6, 6.07) is 10.4. The molecule has 1 atom stereocenters. The Hall–Kier alpha value is -2.03. The van der Waals surface area contributed by atoms with Gasteiger partial charge in [-0.05, 0) is 49.6 Å². The largest absolute Gasteiger partial charge is 0.490 e. The van der Waals surface area contributed by atoms with E-state index in [2.05, 4.69) is 65.6 Å². The van der Waals surface area contributed by atoms with Crippen molar-refractivity contribution in [3.8, 4) is 5.75 Å². The highest BCUT2D eigenvalue weighted by Gasteiger charge is 2.09. The minimum atomic E-state index is 0. The molecule has 1 aromatic heterocycles. The molecule has 1 unspecified atom stereocenters. The van der Waals surface area contributed by atoms with Gasteiger partial charge in [-0.3, -0.25) is 4.99 Å². The van der Waals surface area contributed by atoms with E-state index in [1.165, 1.54) is 5.56 Å². The van der Waals surface area contributed by atoms with E-state index in [-0.39, 0.29) is 30.1 Å². The number of nitrogens with one attached hydrogen (secondary N) is 2. The van der Waals surface area contributed by atoms with Crippen molar-refractivity contribution in [2.45, 2.75) is 46.4 Å². The standard InChI is InChI=1S/C22H33N5O.HI/c1-7-17(3)28-20-12-16(2)8-9-19(20)15-26-22(23-4)25-14-18-10-11-24-21(13-18)27(5)6;/h8-13,17H,7,14-15H2,1-6H3,(H2,23,25,26);1H. The zero-order valence-corrected chi connectivity index (χ0v) is 20.7. The van der Waals surface area contributed by atoms with E-state index in [1.54, 1.807) is 7.05 Å². The van der Waals surface area contributed by atoms with Crippen LogP contribution in [0, 0.1) is 6.92 Å². The topological polar surface area (TPSA) is 61.8 Å². The molecule has 0 fully saturated rings. The zero-order chi connectivity index (χ0) is 20.5. The molecule has 29 heavy (non-hydrogen) atoms. The Kier molecular flexibility index (Phi) is 10.8. The fourth-order valence-corrected chi connectivity index (χ4v) is 2.62. The molecule has 2 aromatic rings. The number of ether oxygens (including phenoxy) is 1. The minimum absolute atomic E-state index is 0. The number of nitrogens with zero attached hydrogens (tertiary/aromatic N) is 3. The maximum absolute atomic E-state index is 6.09. The normalized spacial score (nSPS) is 12.0. The van der Waals surface area contributed by atoms with Crippen molar-refractivity contribution >= 4 is 35.8 Å². The molecule has 0 saturated carbocycles. The summed E-state index contributed by atoms with van der Waals surface area (Å²) in [6.45, 7) is 7.62. The van der Waals surface area contributed by atoms with Crippen LogP contribution in [-0.4, -0.2) is 38.2 Å². The van der Waals surface area contributed by atoms with Crippen molar-refractivity contribution in [3.63, 3.8) is 0 Å². The molecule has 1 heterocycles. The smallest absolute Gasteiger partial charge is 0.191 e. The van der Waals surface area contributed by atoms with Gasteiger partial charge < -0.3 is 20.3 Å². The highest BCUT2D eigenvalue weighted by atomic mass is 127. The van der Waals surface area contributed by atoms with Crippen LogP contribution in [0.1, 0.15) is 37.0 Å².